The van der Waals surface area contributed by atoms with Gasteiger partial charge in [0.15, 0.2) is 0 Å². The van der Waals surface area contributed by atoms with E-state index in [4.69, 9.17) is 17.3 Å². The molecular weight excluding hydrogens is 349 g/mol. The van der Waals surface area contributed by atoms with Gasteiger partial charge in [-0.1, -0.05) is 25.4 Å². The van der Waals surface area contributed by atoms with Gasteiger partial charge in [0.05, 0.1) is 16.6 Å². The minimum absolute atomic E-state index is 0. The van der Waals surface area contributed by atoms with Crippen LogP contribution < -0.4 is 11.1 Å². The minimum atomic E-state index is -0.564. The molecule has 3 N–H and O–H groups in total. The van der Waals surface area contributed by atoms with Crippen LogP contribution in [-0.2, 0) is 4.79 Å². The molecule has 0 bridgehead atoms. The molecule has 0 saturated carbocycles. The molecule has 0 aliphatic carbocycles. The molecular formula is C17H27Cl2N3O2. The van der Waals surface area contributed by atoms with E-state index in [0.717, 1.165) is 0 Å². The van der Waals surface area contributed by atoms with E-state index in [1.807, 2.05) is 27.7 Å². The van der Waals surface area contributed by atoms with Crippen LogP contribution in [0.1, 0.15) is 44.5 Å². The standard InChI is InChI=1S/C17H26ClN3O2.ClH/c1-5-21(6-2)17(23)13-8-7-12(10-14(13)18)20-16(22)15(19)9-11(3)4;/h7-8,10-11,15H,5-6,9,19H2,1-4H3,(H,20,22);1H/t15-;/m0./s1. The summed E-state index contributed by atoms with van der Waals surface area (Å²) in [6, 6.07) is 4.32. The molecule has 5 nitrogen and oxygen atoms in total. The normalized spacial score (nSPS) is 11.6. The summed E-state index contributed by atoms with van der Waals surface area (Å²) in [7, 11) is 0. The Morgan fingerprint density at radius 3 is 2.29 bits per heavy atom. The zero-order valence-corrected chi connectivity index (χ0v) is 16.2. The van der Waals surface area contributed by atoms with E-state index in [1.54, 1.807) is 23.1 Å². The van der Waals surface area contributed by atoms with E-state index >= 15 is 0 Å². The number of rotatable bonds is 7. The molecule has 1 atom stereocenters. The third kappa shape index (κ3) is 6.30. The van der Waals surface area contributed by atoms with Crippen molar-refractivity contribution in [1.29, 1.82) is 0 Å². The first-order valence-electron chi connectivity index (χ1n) is 7.95. The molecule has 0 aliphatic heterocycles. The molecule has 7 heteroatoms. The molecule has 1 rings (SSSR count). The summed E-state index contributed by atoms with van der Waals surface area (Å²) >= 11 is 6.20. The summed E-state index contributed by atoms with van der Waals surface area (Å²) in [6.07, 6.45) is 0.609. The number of nitrogens with two attached hydrogens (primary N) is 1. The SMILES string of the molecule is CCN(CC)C(=O)c1ccc(NC(=O)[C@@H](N)CC(C)C)cc1Cl.Cl. The second-order valence-corrected chi connectivity index (χ2v) is 6.30. The predicted molar refractivity (Wildman–Crippen MR) is 102 cm³/mol. The van der Waals surface area contributed by atoms with Crippen molar-refractivity contribution in [3.63, 3.8) is 0 Å². The quantitative estimate of drug-likeness (QED) is 0.764. The van der Waals surface area contributed by atoms with Gasteiger partial charge in [-0.05, 0) is 44.4 Å². The van der Waals surface area contributed by atoms with Gasteiger partial charge >= 0.3 is 0 Å². The molecule has 0 spiro atoms. The molecule has 1 aromatic rings. The smallest absolute Gasteiger partial charge is 0.255 e. The largest absolute Gasteiger partial charge is 0.339 e. The molecule has 0 heterocycles. The Morgan fingerprint density at radius 1 is 1.25 bits per heavy atom. The third-order valence-electron chi connectivity index (χ3n) is 3.58. The Hall–Kier alpha value is -1.30. The Bertz CT molecular complexity index is 561. The Balaban J connectivity index is 0.00000529. The highest BCUT2D eigenvalue weighted by Gasteiger charge is 2.18. The van der Waals surface area contributed by atoms with Crippen LogP contribution in [0.4, 0.5) is 5.69 Å². The summed E-state index contributed by atoms with van der Waals surface area (Å²) in [4.78, 5) is 26.0. The van der Waals surface area contributed by atoms with Gasteiger partial charge in [0, 0.05) is 18.8 Å². The number of anilines is 1. The molecule has 0 fully saturated rings. The Morgan fingerprint density at radius 2 is 1.83 bits per heavy atom. The maximum absolute atomic E-state index is 12.3. The summed E-state index contributed by atoms with van der Waals surface area (Å²) in [5, 5.41) is 3.05. The Kier molecular flexibility index (Phi) is 9.97. The van der Waals surface area contributed by atoms with Crippen LogP contribution in [-0.4, -0.2) is 35.8 Å². The highest BCUT2D eigenvalue weighted by atomic mass is 35.5. The monoisotopic (exact) mass is 375 g/mol. The first-order chi connectivity index (χ1) is 10.8. The highest BCUT2D eigenvalue weighted by molar-refractivity contribution is 6.34. The van der Waals surface area contributed by atoms with E-state index in [9.17, 15) is 9.59 Å². The number of hydrogen-bond donors (Lipinski definition) is 2. The minimum Gasteiger partial charge on any atom is -0.339 e. The number of carbonyl (C=O) groups excluding carboxylic acids is 2. The van der Waals surface area contributed by atoms with Crippen LogP contribution >= 0.6 is 24.0 Å². The predicted octanol–water partition coefficient (Wildman–Crippen LogP) is 3.56. The van der Waals surface area contributed by atoms with Crippen LogP contribution in [0, 0.1) is 5.92 Å². The van der Waals surface area contributed by atoms with Gasteiger partial charge in [-0.25, -0.2) is 0 Å². The Labute approximate surface area is 155 Å². The average Bonchev–Trinajstić information content (AvgIpc) is 2.47. The van der Waals surface area contributed by atoms with Gasteiger partial charge in [0.25, 0.3) is 5.91 Å². The molecule has 0 unspecified atom stereocenters. The lowest BCUT2D eigenvalue weighted by molar-refractivity contribution is -0.117. The number of carbonyl (C=O) groups is 2. The second-order valence-electron chi connectivity index (χ2n) is 5.90. The molecule has 0 aliphatic rings. The second kappa shape index (κ2) is 10.5. The molecule has 1 aromatic carbocycles. The van der Waals surface area contributed by atoms with Crippen molar-refractivity contribution in [3.05, 3.63) is 28.8 Å². The lowest BCUT2D eigenvalue weighted by Crippen LogP contribution is -2.36. The fourth-order valence-electron chi connectivity index (χ4n) is 2.30. The van der Waals surface area contributed by atoms with Crippen LogP contribution in [0.15, 0.2) is 18.2 Å². The molecule has 0 saturated heterocycles. The topological polar surface area (TPSA) is 75.4 Å². The maximum atomic E-state index is 12.3. The van der Waals surface area contributed by atoms with Gasteiger partial charge in [0.2, 0.25) is 5.91 Å². The van der Waals surface area contributed by atoms with Gasteiger partial charge in [0.1, 0.15) is 0 Å². The third-order valence-corrected chi connectivity index (χ3v) is 3.89. The number of halogens is 2. The lowest BCUT2D eigenvalue weighted by Gasteiger charge is -2.20. The molecule has 0 aromatic heterocycles. The lowest BCUT2D eigenvalue weighted by atomic mass is 10.0. The van der Waals surface area contributed by atoms with Gasteiger partial charge < -0.3 is 16.0 Å². The van der Waals surface area contributed by atoms with Crippen molar-refractivity contribution in [2.75, 3.05) is 18.4 Å². The highest BCUT2D eigenvalue weighted by Crippen LogP contribution is 2.22. The van der Waals surface area contributed by atoms with Crippen molar-refractivity contribution < 1.29 is 9.59 Å². The van der Waals surface area contributed by atoms with E-state index in [0.29, 0.717) is 41.7 Å². The summed E-state index contributed by atoms with van der Waals surface area (Å²) < 4.78 is 0. The number of amides is 2. The van der Waals surface area contributed by atoms with Crippen molar-refractivity contribution in [2.45, 2.75) is 40.2 Å². The first kappa shape index (κ1) is 22.7. The first-order valence-corrected chi connectivity index (χ1v) is 8.33. The van der Waals surface area contributed by atoms with Gasteiger partial charge in [-0.15, -0.1) is 12.4 Å². The van der Waals surface area contributed by atoms with E-state index < -0.39 is 6.04 Å². The van der Waals surface area contributed by atoms with E-state index in [2.05, 4.69) is 5.32 Å². The molecule has 136 valence electrons. The van der Waals surface area contributed by atoms with Crippen molar-refractivity contribution in [1.82, 2.24) is 4.90 Å². The fourth-order valence-corrected chi connectivity index (χ4v) is 2.56. The van der Waals surface area contributed by atoms with Crippen molar-refractivity contribution >= 4 is 41.5 Å². The van der Waals surface area contributed by atoms with Gasteiger partial charge in [-0.3, -0.25) is 9.59 Å². The van der Waals surface area contributed by atoms with Crippen LogP contribution in [0.5, 0.6) is 0 Å². The number of hydrogen-bond acceptors (Lipinski definition) is 3. The van der Waals surface area contributed by atoms with E-state index in [-0.39, 0.29) is 24.2 Å². The van der Waals surface area contributed by atoms with Crippen LogP contribution in [0.25, 0.3) is 0 Å². The summed E-state index contributed by atoms with van der Waals surface area (Å²) in [5.41, 5.74) is 6.82. The molecule has 24 heavy (non-hydrogen) atoms. The zero-order valence-electron chi connectivity index (χ0n) is 14.6. The fraction of sp³-hybridized carbons (Fsp3) is 0.529. The zero-order chi connectivity index (χ0) is 17.6. The van der Waals surface area contributed by atoms with Gasteiger partial charge in [-0.2, -0.15) is 0 Å². The van der Waals surface area contributed by atoms with Crippen molar-refractivity contribution in [2.24, 2.45) is 11.7 Å². The maximum Gasteiger partial charge on any atom is 0.255 e. The number of benzene rings is 1. The number of nitrogens with zero attached hydrogens (tertiary/aromatic N) is 1. The number of nitrogens with one attached hydrogen (secondary N) is 1. The van der Waals surface area contributed by atoms with Crippen molar-refractivity contribution in [3.8, 4) is 0 Å². The average molecular weight is 376 g/mol. The summed E-state index contributed by atoms with van der Waals surface area (Å²) in [6.45, 7) is 9.09. The van der Waals surface area contributed by atoms with Crippen LogP contribution in [0.2, 0.25) is 5.02 Å². The molecule has 0 radical (unpaired) electrons. The van der Waals surface area contributed by atoms with E-state index in [1.165, 1.54) is 0 Å². The van der Waals surface area contributed by atoms with Crippen LogP contribution in [0.3, 0.4) is 0 Å². The molecule has 2 amide bonds. The summed E-state index contributed by atoms with van der Waals surface area (Å²) in [5.74, 6) is -0.0274.